The number of alkyl halides is 1. The van der Waals surface area contributed by atoms with Crippen LogP contribution >= 0.6 is 27.3 Å². The van der Waals surface area contributed by atoms with E-state index in [0.29, 0.717) is 5.75 Å². The number of carbonyl (C=O) groups is 1. The molecular formula is C13H19BrN2O2S. The molecule has 2 rings (SSSR count). The van der Waals surface area contributed by atoms with Gasteiger partial charge in [-0.3, -0.25) is 4.79 Å². The Hall–Kier alpha value is -0.590. The smallest absolute Gasteiger partial charge is 0.267 e. The van der Waals surface area contributed by atoms with Crippen molar-refractivity contribution in [3.05, 3.63) is 16.3 Å². The molecule has 1 aromatic heterocycles. The molecule has 0 saturated carbocycles. The van der Waals surface area contributed by atoms with Gasteiger partial charge in [0.05, 0.1) is 7.11 Å². The normalized spacial score (nSPS) is 17.3. The lowest BCUT2D eigenvalue weighted by atomic mass is 10.3. The van der Waals surface area contributed by atoms with E-state index < -0.39 is 0 Å². The van der Waals surface area contributed by atoms with E-state index in [1.54, 1.807) is 7.11 Å². The Balaban J connectivity index is 2.00. The molecule has 1 aliphatic heterocycles. The Morgan fingerprint density at radius 1 is 1.42 bits per heavy atom. The molecule has 106 valence electrons. The van der Waals surface area contributed by atoms with Crippen LogP contribution in [0.15, 0.2) is 11.4 Å². The van der Waals surface area contributed by atoms with E-state index in [1.165, 1.54) is 11.3 Å². The molecular weight excluding hydrogens is 328 g/mol. The third-order valence-corrected chi connectivity index (χ3v) is 4.56. The number of rotatable bonds is 4. The second-order valence-corrected chi connectivity index (χ2v) is 6.20. The standard InChI is InChI=1S/C13H19BrN2O2S/c1-18-11-3-10-19-12(11)13(17)16-6-2-5-15(7-4-14)8-9-16/h3,10H,2,4-9H2,1H3. The first-order valence-electron chi connectivity index (χ1n) is 6.45. The molecule has 0 spiro atoms. The molecule has 0 bridgehead atoms. The molecule has 0 aliphatic carbocycles. The summed E-state index contributed by atoms with van der Waals surface area (Å²) in [4.78, 5) is 17.5. The topological polar surface area (TPSA) is 32.8 Å². The van der Waals surface area contributed by atoms with Gasteiger partial charge in [-0.05, 0) is 24.4 Å². The summed E-state index contributed by atoms with van der Waals surface area (Å²) in [6.07, 6.45) is 1.03. The van der Waals surface area contributed by atoms with Crippen LogP contribution < -0.4 is 4.74 Å². The molecule has 0 unspecified atom stereocenters. The molecule has 4 nitrogen and oxygen atoms in total. The fraction of sp³-hybridized carbons (Fsp3) is 0.615. The quantitative estimate of drug-likeness (QED) is 0.784. The molecule has 2 heterocycles. The lowest BCUT2D eigenvalue weighted by molar-refractivity contribution is 0.0763. The van der Waals surface area contributed by atoms with Crippen molar-refractivity contribution in [2.75, 3.05) is 45.2 Å². The summed E-state index contributed by atoms with van der Waals surface area (Å²) in [5.41, 5.74) is 0. The first kappa shape index (κ1) is 14.8. The number of halogens is 1. The number of methoxy groups -OCH3 is 1. The van der Waals surface area contributed by atoms with E-state index in [0.717, 1.165) is 49.4 Å². The summed E-state index contributed by atoms with van der Waals surface area (Å²) in [5, 5.41) is 2.89. The van der Waals surface area contributed by atoms with Gasteiger partial charge >= 0.3 is 0 Å². The van der Waals surface area contributed by atoms with Gasteiger partial charge in [-0.1, -0.05) is 15.9 Å². The highest BCUT2D eigenvalue weighted by Gasteiger charge is 2.23. The van der Waals surface area contributed by atoms with Crippen molar-refractivity contribution in [3.8, 4) is 5.75 Å². The monoisotopic (exact) mass is 346 g/mol. The van der Waals surface area contributed by atoms with Crippen molar-refractivity contribution in [1.82, 2.24) is 9.80 Å². The molecule has 0 radical (unpaired) electrons. The summed E-state index contributed by atoms with van der Waals surface area (Å²) in [5.74, 6) is 0.795. The maximum absolute atomic E-state index is 12.5. The lowest BCUT2D eigenvalue weighted by Gasteiger charge is -2.21. The van der Waals surface area contributed by atoms with Crippen molar-refractivity contribution in [2.24, 2.45) is 0 Å². The van der Waals surface area contributed by atoms with Crippen LogP contribution in [0, 0.1) is 0 Å². The minimum Gasteiger partial charge on any atom is -0.495 e. The maximum atomic E-state index is 12.5. The average molecular weight is 347 g/mol. The van der Waals surface area contributed by atoms with Crippen LogP contribution in [0.1, 0.15) is 16.1 Å². The van der Waals surface area contributed by atoms with E-state index in [9.17, 15) is 4.79 Å². The fourth-order valence-electron chi connectivity index (χ4n) is 2.27. The lowest BCUT2D eigenvalue weighted by Crippen LogP contribution is -2.35. The van der Waals surface area contributed by atoms with Crippen molar-refractivity contribution < 1.29 is 9.53 Å². The van der Waals surface area contributed by atoms with Gasteiger partial charge in [-0.2, -0.15) is 0 Å². The summed E-state index contributed by atoms with van der Waals surface area (Å²) in [6.45, 7) is 4.69. The molecule has 0 atom stereocenters. The zero-order chi connectivity index (χ0) is 13.7. The fourth-order valence-corrected chi connectivity index (χ4v) is 3.60. The predicted molar refractivity (Wildman–Crippen MR) is 81.6 cm³/mol. The summed E-state index contributed by atoms with van der Waals surface area (Å²) in [6, 6.07) is 1.85. The third-order valence-electron chi connectivity index (χ3n) is 3.32. The van der Waals surface area contributed by atoms with Crippen LogP contribution in [0.25, 0.3) is 0 Å². The second-order valence-electron chi connectivity index (χ2n) is 4.49. The number of carbonyl (C=O) groups excluding carboxylic acids is 1. The summed E-state index contributed by atoms with van der Waals surface area (Å²) < 4.78 is 5.23. The molecule has 0 aromatic carbocycles. The Morgan fingerprint density at radius 3 is 3.00 bits per heavy atom. The van der Waals surface area contributed by atoms with Gasteiger partial charge in [-0.25, -0.2) is 0 Å². The zero-order valence-corrected chi connectivity index (χ0v) is 13.5. The predicted octanol–water partition coefficient (Wildman–Crippen LogP) is 2.30. The highest BCUT2D eigenvalue weighted by atomic mass is 79.9. The van der Waals surface area contributed by atoms with Gasteiger partial charge in [0, 0.05) is 31.5 Å². The minimum atomic E-state index is 0.104. The molecule has 1 aliphatic rings. The van der Waals surface area contributed by atoms with Crippen molar-refractivity contribution in [1.29, 1.82) is 0 Å². The highest BCUT2D eigenvalue weighted by Crippen LogP contribution is 2.26. The maximum Gasteiger partial charge on any atom is 0.267 e. The van der Waals surface area contributed by atoms with Gasteiger partial charge in [0.2, 0.25) is 0 Å². The first-order valence-corrected chi connectivity index (χ1v) is 8.45. The summed E-state index contributed by atoms with van der Waals surface area (Å²) in [7, 11) is 1.61. The van der Waals surface area contributed by atoms with Crippen molar-refractivity contribution in [2.45, 2.75) is 6.42 Å². The number of amides is 1. The van der Waals surface area contributed by atoms with Crippen molar-refractivity contribution in [3.63, 3.8) is 0 Å². The van der Waals surface area contributed by atoms with Gasteiger partial charge in [0.15, 0.2) is 0 Å². The Labute approximate surface area is 126 Å². The molecule has 1 saturated heterocycles. The van der Waals surface area contributed by atoms with Crippen LogP contribution in [0.2, 0.25) is 0 Å². The zero-order valence-electron chi connectivity index (χ0n) is 11.1. The number of hydrogen-bond acceptors (Lipinski definition) is 4. The van der Waals surface area contributed by atoms with Crippen LogP contribution in [-0.4, -0.2) is 60.9 Å². The van der Waals surface area contributed by atoms with Gasteiger partial charge in [-0.15, -0.1) is 11.3 Å². The number of thiophene rings is 1. The van der Waals surface area contributed by atoms with E-state index in [1.807, 2.05) is 16.3 Å². The Bertz CT molecular complexity index is 425. The van der Waals surface area contributed by atoms with Crippen LogP contribution in [0.4, 0.5) is 0 Å². The van der Waals surface area contributed by atoms with Gasteiger partial charge in [0.25, 0.3) is 5.91 Å². The number of ether oxygens (including phenoxy) is 1. The molecule has 1 fully saturated rings. The molecule has 6 heteroatoms. The Kier molecular flexibility index (Phi) is 5.66. The molecule has 1 aromatic rings. The molecule has 1 amide bonds. The van der Waals surface area contributed by atoms with Crippen LogP contribution in [0.3, 0.4) is 0 Å². The Morgan fingerprint density at radius 2 is 2.26 bits per heavy atom. The van der Waals surface area contributed by atoms with E-state index in [4.69, 9.17) is 4.74 Å². The first-order chi connectivity index (χ1) is 9.26. The minimum absolute atomic E-state index is 0.104. The van der Waals surface area contributed by atoms with Crippen LogP contribution in [-0.2, 0) is 0 Å². The molecule has 0 N–H and O–H groups in total. The van der Waals surface area contributed by atoms with Gasteiger partial charge < -0.3 is 14.5 Å². The largest absolute Gasteiger partial charge is 0.495 e. The van der Waals surface area contributed by atoms with E-state index in [-0.39, 0.29) is 5.91 Å². The summed E-state index contributed by atoms with van der Waals surface area (Å²) >= 11 is 4.92. The number of hydrogen-bond donors (Lipinski definition) is 0. The highest BCUT2D eigenvalue weighted by molar-refractivity contribution is 9.09. The second kappa shape index (κ2) is 7.26. The average Bonchev–Trinajstić information content (AvgIpc) is 2.78. The van der Waals surface area contributed by atoms with E-state index >= 15 is 0 Å². The van der Waals surface area contributed by atoms with Gasteiger partial charge in [0.1, 0.15) is 10.6 Å². The number of nitrogens with zero attached hydrogens (tertiary/aromatic N) is 2. The molecule has 19 heavy (non-hydrogen) atoms. The third kappa shape index (κ3) is 3.70. The van der Waals surface area contributed by atoms with Crippen LogP contribution in [0.5, 0.6) is 5.75 Å². The SMILES string of the molecule is COc1ccsc1C(=O)N1CCCN(CCBr)CC1. The van der Waals surface area contributed by atoms with E-state index in [2.05, 4.69) is 20.8 Å². The van der Waals surface area contributed by atoms with Crippen molar-refractivity contribution >= 4 is 33.2 Å².